The number of benzene rings is 4. The lowest BCUT2D eigenvalue weighted by Gasteiger charge is -2.58. The smallest absolute Gasteiger partial charge is 0.293 e. The van der Waals surface area contributed by atoms with Crippen LogP contribution in [0.15, 0.2) is 108 Å². The lowest BCUT2D eigenvalue weighted by Crippen LogP contribution is -2.60. The first kappa shape index (κ1) is 51.9. The zero-order valence-corrected chi connectivity index (χ0v) is 43.9. The summed E-state index contributed by atoms with van der Waals surface area (Å²) in [6.07, 6.45) is 10.0. The highest BCUT2D eigenvalue weighted by atomic mass is 32.2. The summed E-state index contributed by atoms with van der Waals surface area (Å²) in [4.78, 5) is 40.2. The second-order valence-electron chi connectivity index (χ2n) is 21.9. The summed E-state index contributed by atoms with van der Waals surface area (Å²) >= 11 is 0. The monoisotopic (exact) mass is 1040 g/mol. The number of aromatic amines is 1. The molecule has 16 nitrogen and oxygen atoms in total. The van der Waals surface area contributed by atoms with Gasteiger partial charge < -0.3 is 29.8 Å². The minimum Gasteiger partial charge on any atom is -0.497 e. The molecule has 10 rings (SSSR count). The molecule has 1 unspecified atom stereocenters. The number of rotatable bonds is 16. The van der Waals surface area contributed by atoms with Crippen LogP contribution in [-0.4, -0.2) is 102 Å². The number of aliphatic hydroxyl groups is 1. The fraction of sp³-hybridized carbons (Fsp3) is 0.439. The number of nitrogens with zero attached hydrogens (tertiary/aromatic N) is 5. The molecule has 2 saturated heterocycles. The third-order valence-electron chi connectivity index (χ3n) is 16.4. The standard InChI is InChI=1S/C57H67FN8O8S/c1-37(2)47-12-7-41(58)28-49(47)52-36-63(35-39-5-9-44(73-4)10-6-39)25-26-65(52)43-31-57(32-43)20-23-64(24-21-57)42-8-13-48(53(29-42)74-45-27-40-17-22-59-54(40)61-34-45)55(67)62-75(71,72)46-11-14-50(51(30-46)66(69)70)60-33-38-15-18-56(3,68)19-16-38/h5-14,17,22,27-30,34,37-38,43,52,60,68H,15-16,18-21,23-26,31-33,35-36H2,1-4H3,(H,59,61)(H,62,67). The van der Waals surface area contributed by atoms with Crippen LogP contribution >= 0.6 is 0 Å². The van der Waals surface area contributed by atoms with E-state index in [0.29, 0.717) is 36.8 Å². The number of hydrogen-bond donors (Lipinski definition) is 4. The molecule has 1 spiro atoms. The average molecular weight is 1040 g/mol. The molecule has 4 aromatic carbocycles. The van der Waals surface area contributed by atoms with Crippen LogP contribution in [0.5, 0.6) is 17.2 Å². The number of nitro benzene ring substituents is 1. The topological polar surface area (TPSA) is 195 Å². The number of methoxy groups -OCH3 is 1. The highest BCUT2D eigenvalue weighted by Gasteiger charge is 2.50. The van der Waals surface area contributed by atoms with E-state index in [0.717, 1.165) is 106 Å². The molecule has 18 heteroatoms. The van der Waals surface area contributed by atoms with Gasteiger partial charge >= 0.3 is 0 Å². The summed E-state index contributed by atoms with van der Waals surface area (Å²) in [5.41, 5.74) is 4.03. The number of anilines is 2. The van der Waals surface area contributed by atoms with Crippen LogP contribution in [0.2, 0.25) is 0 Å². The van der Waals surface area contributed by atoms with Gasteiger partial charge in [-0.25, -0.2) is 22.5 Å². The third-order valence-corrected chi connectivity index (χ3v) is 17.7. The molecule has 1 atom stereocenters. The van der Waals surface area contributed by atoms with Gasteiger partial charge in [-0.15, -0.1) is 0 Å². The number of piperazine rings is 1. The van der Waals surface area contributed by atoms with Crippen molar-refractivity contribution in [2.24, 2.45) is 11.3 Å². The van der Waals surface area contributed by atoms with E-state index in [9.17, 15) is 28.4 Å². The Morgan fingerprint density at radius 3 is 2.43 bits per heavy atom. The van der Waals surface area contributed by atoms with Crippen LogP contribution in [0.25, 0.3) is 11.0 Å². The van der Waals surface area contributed by atoms with Crippen molar-refractivity contribution < 1.29 is 37.1 Å². The molecule has 396 valence electrons. The van der Waals surface area contributed by atoms with Gasteiger partial charge in [0.25, 0.3) is 21.6 Å². The first-order valence-electron chi connectivity index (χ1n) is 26.2. The van der Waals surface area contributed by atoms with Crippen molar-refractivity contribution in [3.05, 3.63) is 142 Å². The Morgan fingerprint density at radius 2 is 1.71 bits per heavy atom. The number of nitrogens with one attached hydrogen (secondary N) is 3. The van der Waals surface area contributed by atoms with E-state index in [4.69, 9.17) is 9.47 Å². The molecular weight excluding hydrogens is 976 g/mol. The van der Waals surface area contributed by atoms with Gasteiger partial charge in [-0.3, -0.25) is 24.7 Å². The number of amides is 1. The van der Waals surface area contributed by atoms with Crippen molar-refractivity contribution >= 4 is 44.0 Å². The van der Waals surface area contributed by atoms with E-state index in [1.54, 1.807) is 56.6 Å². The summed E-state index contributed by atoms with van der Waals surface area (Å²) in [5, 5.41) is 26.5. The number of aromatic nitrogens is 2. The quantitative estimate of drug-likeness (QED) is 0.0529. The first-order chi connectivity index (χ1) is 35.9. The number of nitro groups is 1. The number of hydrogen-bond acceptors (Lipinski definition) is 13. The molecular formula is C57H67FN8O8S. The molecule has 4 aliphatic rings. The van der Waals surface area contributed by atoms with Gasteiger partial charge in [-0.1, -0.05) is 32.0 Å². The van der Waals surface area contributed by atoms with Crippen LogP contribution < -0.4 is 24.4 Å². The predicted molar refractivity (Wildman–Crippen MR) is 287 cm³/mol. The molecule has 4 N–H and O–H groups in total. The maximum atomic E-state index is 15.1. The van der Waals surface area contributed by atoms with E-state index in [-0.39, 0.29) is 46.1 Å². The van der Waals surface area contributed by atoms with Crippen molar-refractivity contribution in [1.82, 2.24) is 24.5 Å². The van der Waals surface area contributed by atoms with Crippen LogP contribution in [0, 0.1) is 27.3 Å². The maximum absolute atomic E-state index is 15.1. The molecule has 4 heterocycles. The molecule has 75 heavy (non-hydrogen) atoms. The minimum atomic E-state index is -4.61. The SMILES string of the molecule is COc1ccc(CN2CCN(C3CC4(CCN(c5ccc(C(=O)NS(=O)(=O)c6ccc(NCC7CCC(C)(O)CC7)c([N+](=O)[O-])c6)c(Oc6cnc7[nH]ccc7c6)c5)CC4)C3)C(c3cc(F)ccc3C(C)C)C2)cc1. The van der Waals surface area contributed by atoms with Crippen LogP contribution in [0.1, 0.15) is 111 Å². The van der Waals surface area contributed by atoms with Gasteiger partial charge in [0.2, 0.25) is 0 Å². The van der Waals surface area contributed by atoms with Crippen molar-refractivity contribution in [3.8, 4) is 17.2 Å². The Bertz CT molecular complexity index is 3160. The highest BCUT2D eigenvalue weighted by molar-refractivity contribution is 7.90. The Hall–Kier alpha value is -6.60. The number of piperidine rings is 1. The summed E-state index contributed by atoms with van der Waals surface area (Å²) in [6.45, 7) is 11.5. The van der Waals surface area contributed by atoms with E-state index in [1.165, 1.54) is 29.5 Å². The molecule has 2 aromatic heterocycles. The second kappa shape index (κ2) is 21.2. The molecule has 2 aliphatic carbocycles. The van der Waals surface area contributed by atoms with Crippen molar-refractivity contribution in [2.45, 2.75) is 107 Å². The van der Waals surface area contributed by atoms with E-state index >= 15 is 4.39 Å². The summed E-state index contributed by atoms with van der Waals surface area (Å²) in [6, 6.07) is 26.2. The maximum Gasteiger partial charge on any atom is 0.293 e. The highest BCUT2D eigenvalue weighted by Crippen LogP contribution is 2.53. The Labute approximate surface area is 437 Å². The van der Waals surface area contributed by atoms with Crippen molar-refractivity contribution in [3.63, 3.8) is 0 Å². The van der Waals surface area contributed by atoms with Crippen LogP contribution in [0.3, 0.4) is 0 Å². The van der Waals surface area contributed by atoms with Crippen LogP contribution in [0.4, 0.5) is 21.5 Å². The summed E-state index contributed by atoms with van der Waals surface area (Å²) in [7, 11) is -2.93. The van der Waals surface area contributed by atoms with E-state index in [1.807, 2.05) is 24.3 Å². The average Bonchev–Trinajstić information content (AvgIpc) is 3.86. The molecule has 4 fully saturated rings. The predicted octanol–water partition coefficient (Wildman–Crippen LogP) is 10.3. The first-order valence-corrected chi connectivity index (χ1v) is 27.6. The minimum absolute atomic E-state index is 0.0452. The van der Waals surface area contributed by atoms with Crippen LogP contribution in [-0.2, 0) is 16.6 Å². The lowest BCUT2D eigenvalue weighted by atomic mass is 9.59. The van der Waals surface area contributed by atoms with Gasteiger partial charge in [0.05, 0.1) is 34.3 Å². The van der Waals surface area contributed by atoms with Crippen molar-refractivity contribution in [1.29, 1.82) is 0 Å². The number of ether oxygens (including phenoxy) is 2. The third kappa shape index (κ3) is 11.5. The van der Waals surface area contributed by atoms with Gasteiger partial charge in [0, 0.05) is 87.3 Å². The number of carbonyl (C=O) groups excluding carboxylic acids is 1. The zero-order chi connectivity index (χ0) is 52.6. The molecule has 2 aliphatic heterocycles. The number of sulfonamides is 1. The van der Waals surface area contributed by atoms with Gasteiger partial charge in [-0.05, 0) is 153 Å². The molecule has 2 saturated carbocycles. The number of carbonyl (C=O) groups is 1. The molecule has 0 bridgehead atoms. The van der Waals surface area contributed by atoms with E-state index < -0.39 is 37.0 Å². The number of H-pyrrole nitrogens is 1. The fourth-order valence-corrected chi connectivity index (χ4v) is 12.9. The summed E-state index contributed by atoms with van der Waals surface area (Å²) in [5.74, 6) is 0.534. The normalized spacial score (nSPS) is 21.5. The largest absolute Gasteiger partial charge is 0.497 e. The van der Waals surface area contributed by atoms with Gasteiger partial charge in [0.15, 0.2) is 0 Å². The van der Waals surface area contributed by atoms with Gasteiger partial charge in [-0.2, -0.15) is 0 Å². The number of fused-ring (bicyclic) bond motifs is 1. The molecule has 6 aromatic rings. The molecule has 0 radical (unpaired) electrons. The Kier molecular flexibility index (Phi) is 14.7. The Morgan fingerprint density at radius 1 is 0.947 bits per heavy atom. The molecule has 1 amide bonds. The number of pyridine rings is 1. The lowest BCUT2D eigenvalue weighted by molar-refractivity contribution is -0.384. The second-order valence-corrected chi connectivity index (χ2v) is 23.6. The Balaban J connectivity index is 0.835. The van der Waals surface area contributed by atoms with E-state index in [2.05, 4.69) is 60.7 Å². The fourth-order valence-electron chi connectivity index (χ4n) is 11.9. The van der Waals surface area contributed by atoms with Gasteiger partial charge in [0.1, 0.15) is 34.4 Å². The van der Waals surface area contributed by atoms with Crippen molar-refractivity contribution in [2.75, 3.05) is 56.6 Å². The number of halogens is 1. The zero-order valence-electron chi connectivity index (χ0n) is 43.1. The summed E-state index contributed by atoms with van der Waals surface area (Å²) < 4.78 is 56.8.